The van der Waals surface area contributed by atoms with Crippen LogP contribution >= 0.6 is 11.3 Å². The van der Waals surface area contributed by atoms with Crippen LogP contribution in [-0.2, 0) is 4.74 Å². The maximum absolute atomic E-state index is 5.84. The number of hydrogen-bond donors (Lipinski definition) is 1. The van der Waals surface area contributed by atoms with E-state index in [0.29, 0.717) is 19.3 Å². The largest absolute Gasteiger partial charge is 0.489 e. The van der Waals surface area contributed by atoms with Gasteiger partial charge in [0.25, 0.3) is 0 Å². The maximum Gasteiger partial charge on any atom is 0.142 e. The molecule has 2 aromatic rings. The number of benzene rings is 1. The van der Waals surface area contributed by atoms with Gasteiger partial charge in [-0.05, 0) is 42.5 Å². The SMILES string of the molecule is CCC(Nc1ccc(C)cc1OCCOC)c1cccs1. The van der Waals surface area contributed by atoms with Crippen molar-refractivity contribution in [2.45, 2.75) is 26.3 Å². The van der Waals surface area contributed by atoms with Crippen molar-refractivity contribution in [3.05, 3.63) is 46.2 Å². The molecule has 1 heterocycles. The van der Waals surface area contributed by atoms with E-state index in [9.17, 15) is 0 Å². The van der Waals surface area contributed by atoms with E-state index in [1.165, 1.54) is 10.4 Å². The summed E-state index contributed by atoms with van der Waals surface area (Å²) < 4.78 is 10.9. The van der Waals surface area contributed by atoms with Gasteiger partial charge in [0.1, 0.15) is 12.4 Å². The molecule has 0 radical (unpaired) electrons. The fourth-order valence-electron chi connectivity index (χ4n) is 2.15. The number of anilines is 1. The highest BCUT2D eigenvalue weighted by molar-refractivity contribution is 7.10. The Morgan fingerprint density at radius 3 is 2.76 bits per heavy atom. The third-order valence-electron chi connectivity index (χ3n) is 3.31. The molecular formula is C17H23NO2S. The smallest absolute Gasteiger partial charge is 0.142 e. The second kappa shape index (κ2) is 8.05. The van der Waals surface area contributed by atoms with Crippen molar-refractivity contribution in [2.24, 2.45) is 0 Å². The van der Waals surface area contributed by atoms with E-state index >= 15 is 0 Å². The Morgan fingerprint density at radius 2 is 2.10 bits per heavy atom. The van der Waals surface area contributed by atoms with Crippen molar-refractivity contribution in [2.75, 3.05) is 25.6 Å². The Balaban J connectivity index is 2.14. The summed E-state index contributed by atoms with van der Waals surface area (Å²) in [7, 11) is 1.68. The van der Waals surface area contributed by atoms with E-state index < -0.39 is 0 Å². The molecule has 1 unspecified atom stereocenters. The Morgan fingerprint density at radius 1 is 1.24 bits per heavy atom. The highest BCUT2D eigenvalue weighted by Crippen LogP contribution is 2.32. The number of aryl methyl sites for hydroxylation is 1. The Hall–Kier alpha value is -1.52. The zero-order chi connectivity index (χ0) is 15.1. The molecule has 1 N–H and O–H groups in total. The molecule has 0 aliphatic heterocycles. The van der Waals surface area contributed by atoms with Crippen LogP contribution in [-0.4, -0.2) is 20.3 Å². The first-order valence-corrected chi connectivity index (χ1v) is 8.15. The van der Waals surface area contributed by atoms with E-state index in [-0.39, 0.29) is 0 Å². The third kappa shape index (κ3) is 4.48. The first kappa shape index (κ1) is 15.9. The van der Waals surface area contributed by atoms with Gasteiger partial charge in [0, 0.05) is 12.0 Å². The highest BCUT2D eigenvalue weighted by Gasteiger charge is 2.13. The molecule has 1 aromatic carbocycles. The first-order valence-electron chi connectivity index (χ1n) is 7.27. The predicted molar refractivity (Wildman–Crippen MR) is 89.5 cm³/mol. The molecular weight excluding hydrogens is 282 g/mol. The predicted octanol–water partition coefficient (Wildman–Crippen LogP) is 4.64. The molecule has 0 aliphatic rings. The number of ether oxygens (including phenoxy) is 2. The minimum absolute atomic E-state index is 0.317. The van der Waals surface area contributed by atoms with Gasteiger partial charge in [-0.2, -0.15) is 0 Å². The molecule has 1 aromatic heterocycles. The zero-order valence-electron chi connectivity index (χ0n) is 12.9. The van der Waals surface area contributed by atoms with Crippen LogP contribution < -0.4 is 10.1 Å². The second-order valence-corrected chi connectivity index (χ2v) is 5.94. The molecule has 0 saturated heterocycles. The van der Waals surface area contributed by atoms with Crippen LogP contribution in [0.1, 0.15) is 29.8 Å². The highest BCUT2D eigenvalue weighted by atomic mass is 32.1. The minimum atomic E-state index is 0.317. The zero-order valence-corrected chi connectivity index (χ0v) is 13.7. The van der Waals surface area contributed by atoms with E-state index in [1.54, 1.807) is 18.4 Å². The average molecular weight is 305 g/mol. The molecule has 0 bridgehead atoms. The summed E-state index contributed by atoms with van der Waals surface area (Å²) in [4.78, 5) is 1.35. The molecule has 114 valence electrons. The van der Waals surface area contributed by atoms with Gasteiger partial charge < -0.3 is 14.8 Å². The van der Waals surface area contributed by atoms with E-state index in [0.717, 1.165) is 17.9 Å². The van der Waals surface area contributed by atoms with Crippen LogP contribution in [0.3, 0.4) is 0 Å². The third-order valence-corrected chi connectivity index (χ3v) is 4.29. The molecule has 1 atom stereocenters. The summed E-state index contributed by atoms with van der Waals surface area (Å²) in [5, 5.41) is 5.71. The van der Waals surface area contributed by atoms with Crippen molar-refractivity contribution >= 4 is 17.0 Å². The van der Waals surface area contributed by atoms with Gasteiger partial charge in [-0.25, -0.2) is 0 Å². The minimum Gasteiger partial charge on any atom is -0.489 e. The summed E-state index contributed by atoms with van der Waals surface area (Å²) in [6.07, 6.45) is 1.03. The molecule has 2 rings (SSSR count). The van der Waals surface area contributed by atoms with Crippen molar-refractivity contribution < 1.29 is 9.47 Å². The van der Waals surface area contributed by atoms with Gasteiger partial charge >= 0.3 is 0 Å². The maximum atomic E-state index is 5.84. The first-order chi connectivity index (χ1) is 10.2. The monoisotopic (exact) mass is 305 g/mol. The fourth-order valence-corrected chi connectivity index (χ4v) is 3.02. The van der Waals surface area contributed by atoms with Gasteiger partial charge in [-0.3, -0.25) is 0 Å². The molecule has 0 aliphatic carbocycles. The van der Waals surface area contributed by atoms with Crippen molar-refractivity contribution in [3.63, 3.8) is 0 Å². The van der Waals surface area contributed by atoms with Crippen LogP contribution in [0.25, 0.3) is 0 Å². The van der Waals surface area contributed by atoms with Crippen LogP contribution in [0.15, 0.2) is 35.7 Å². The van der Waals surface area contributed by atoms with Crippen LogP contribution in [0.2, 0.25) is 0 Å². The molecule has 0 saturated carbocycles. The normalized spacial score (nSPS) is 12.1. The molecule has 0 amide bonds. The standard InChI is InChI=1S/C17H23NO2S/c1-4-14(17-6-5-11-21-17)18-15-8-7-13(2)12-16(15)20-10-9-19-3/h5-8,11-12,14,18H,4,9-10H2,1-3H3. The van der Waals surface area contributed by atoms with Gasteiger partial charge in [0.15, 0.2) is 0 Å². The summed E-state index contributed by atoms with van der Waals surface area (Å²) >= 11 is 1.78. The molecule has 0 fully saturated rings. The number of methoxy groups -OCH3 is 1. The topological polar surface area (TPSA) is 30.5 Å². The summed E-state index contributed by atoms with van der Waals surface area (Å²) in [5.74, 6) is 0.891. The number of thiophene rings is 1. The Labute approximate surface area is 130 Å². The van der Waals surface area contributed by atoms with Crippen LogP contribution in [0, 0.1) is 6.92 Å². The molecule has 3 nitrogen and oxygen atoms in total. The van der Waals surface area contributed by atoms with Gasteiger partial charge in [-0.1, -0.05) is 19.1 Å². The summed E-state index contributed by atoms with van der Waals surface area (Å²) in [6.45, 7) is 5.42. The van der Waals surface area contributed by atoms with Gasteiger partial charge in [0.05, 0.1) is 18.3 Å². The lowest BCUT2D eigenvalue weighted by molar-refractivity contribution is 0.146. The lowest BCUT2D eigenvalue weighted by Crippen LogP contribution is -2.11. The van der Waals surface area contributed by atoms with Gasteiger partial charge in [-0.15, -0.1) is 11.3 Å². The Kier molecular flexibility index (Phi) is 6.08. The van der Waals surface area contributed by atoms with Crippen LogP contribution in [0.4, 0.5) is 5.69 Å². The molecule has 21 heavy (non-hydrogen) atoms. The van der Waals surface area contributed by atoms with E-state index in [2.05, 4.69) is 54.9 Å². The fraction of sp³-hybridized carbons (Fsp3) is 0.412. The van der Waals surface area contributed by atoms with Crippen LogP contribution in [0.5, 0.6) is 5.75 Å². The van der Waals surface area contributed by atoms with Crippen molar-refractivity contribution in [1.82, 2.24) is 0 Å². The second-order valence-electron chi connectivity index (χ2n) is 4.96. The number of rotatable bonds is 8. The average Bonchev–Trinajstić information content (AvgIpc) is 3.01. The Bertz CT molecular complexity index is 540. The number of hydrogen-bond acceptors (Lipinski definition) is 4. The summed E-state index contributed by atoms with van der Waals surface area (Å²) in [5.41, 5.74) is 2.23. The number of nitrogens with one attached hydrogen (secondary N) is 1. The van der Waals surface area contributed by atoms with Gasteiger partial charge in [0.2, 0.25) is 0 Å². The lowest BCUT2D eigenvalue weighted by Gasteiger charge is -2.20. The lowest BCUT2D eigenvalue weighted by atomic mass is 10.1. The van der Waals surface area contributed by atoms with Crippen molar-refractivity contribution in [3.8, 4) is 5.75 Å². The van der Waals surface area contributed by atoms with Crippen molar-refractivity contribution in [1.29, 1.82) is 0 Å². The van der Waals surface area contributed by atoms with E-state index in [4.69, 9.17) is 9.47 Å². The summed E-state index contributed by atoms with van der Waals surface area (Å²) in [6, 6.07) is 10.8. The molecule has 0 spiro atoms. The molecule has 4 heteroatoms. The quantitative estimate of drug-likeness (QED) is 0.720. The van der Waals surface area contributed by atoms with E-state index in [1.807, 2.05) is 0 Å².